The van der Waals surface area contributed by atoms with Gasteiger partial charge in [0.15, 0.2) is 0 Å². The molecule has 36 heavy (non-hydrogen) atoms. The first-order valence-electron chi connectivity index (χ1n) is 12.5. The van der Waals surface area contributed by atoms with E-state index in [0.29, 0.717) is 0 Å². The molecule has 0 aliphatic carbocycles. The van der Waals surface area contributed by atoms with Crippen molar-refractivity contribution in [2.24, 2.45) is 0 Å². The maximum Gasteiger partial charge on any atom is 0.408 e. The van der Waals surface area contributed by atoms with Crippen LogP contribution in [-0.4, -0.2) is 47.0 Å². The molecule has 2 N–H and O–H groups in total. The maximum atomic E-state index is 14.1. The highest BCUT2D eigenvalue weighted by atomic mass is 16.6. The molecule has 7 nitrogen and oxygen atoms in total. The summed E-state index contributed by atoms with van der Waals surface area (Å²) in [6.45, 7) is 15.1. The third-order valence-electron chi connectivity index (χ3n) is 5.62. The summed E-state index contributed by atoms with van der Waals surface area (Å²) in [6.07, 6.45) is -0.413. The Labute approximate surface area is 215 Å². The fraction of sp³-hybridized carbons (Fsp3) is 0.483. The molecule has 0 bridgehead atoms. The van der Waals surface area contributed by atoms with Crippen LogP contribution in [0.25, 0.3) is 0 Å². The molecule has 0 heterocycles. The van der Waals surface area contributed by atoms with Crippen LogP contribution in [0.3, 0.4) is 0 Å². The third-order valence-corrected chi connectivity index (χ3v) is 5.62. The maximum absolute atomic E-state index is 14.1. The van der Waals surface area contributed by atoms with Gasteiger partial charge in [0.25, 0.3) is 0 Å². The smallest absolute Gasteiger partial charge is 0.408 e. The van der Waals surface area contributed by atoms with Gasteiger partial charge in [0.05, 0.1) is 0 Å². The predicted octanol–water partition coefficient (Wildman–Crippen LogP) is 4.85. The van der Waals surface area contributed by atoms with E-state index in [2.05, 4.69) is 10.6 Å². The summed E-state index contributed by atoms with van der Waals surface area (Å²) in [4.78, 5) is 41.8. The largest absolute Gasteiger partial charge is 0.444 e. The van der Waals surface area contributed by atoms with Crippen LogP contribution < -0.4 is 10.6 Å². The lowest BCUT2D eigenvalue weighted by atomic mass is 9.95. The molecule has 196 valence electrons. The average Bonchev–Trinajstić information content (AvgIpc) is 2.77. The number of alkyl carbamates (subject to hydrolysis) is 1. The van der Waals surface area contributed by atoms with Crippen molar-refractivity contribution in [3.63, 3.8) is 0 Å². The number of carbonyl (C=O) groups excluding carboxylic acids is 3. The first-order valence-corrected chi connectivity index (χ1v) is 12.5. The predicted molar refractivity (Wildman–Crippen MR) is 143 cm³/mol. The van der Waals surface area contributed by atoms with E-state index in [1.807, 2.05) is 83.1 Å². The van der Waals surface area contributed by atoms with Gasteiger partial charge >= 0.3 is 6.09 Å². The van der Waals surface area contributed by atoms with Gasteiger partial charge in [-0.15, -0.1) is 0 Å². The van der Waals surface area contributed by atoms with E-state index in [1.54, 1.807) is 25.7 Å². The molecular weight excluding hydrogens is 454 g/mol. The van der Waals surface area contributed by atoms with Gasteiger partial charge in [-0.25, -0.2) is 4.79 Å². The van der Waals surface area contributed by atoms with Crippen molar-refractivity contribution >= 4 is 17.9 Å². The normalized spacial score (nSPS) is 13.0. The number of amides is 3. The average molecular weight is 496 g/mol. The zero-order valence-electron chi connectivity index (χ0n) is 22.8. The molecule has 0 aromatic heterocycles. The Morgan fingerprint density at radius 2 is 1.61 bits per heavy atom. The highest BCUT2D eigenvalue weighted by Crippen LogP contribution is 2.27. The molecule has 2 aromatic carbocycles. The summed E-state index contributed by atoms with van der Waals surface area (Å²) in [5.74, 6) is -0.610. The quantitative estimate of drug-likeness (QED) is 0.520. The first kappa shape index (κ1) is 28.9. The highest BCUT2D eigenvalue weighted by Gasteiger charge is 2.36. The summed E-state index contributed by atoms with van der Waals surface area (Å²) in [7, 11) is 0. The molecule has 0 saturated carbocycles. The van der Waals surface area contributed by atoms with E-state index < -0.39 is 23.8 Å². The molecule has 0 aliphatic heterocycles. The molecule has 2 aromatic rings. The number of ether oxygens (including phenoxy) is 1. The summed E-state index contributed by atoms with van der Waals surface area (Å²) in [5, 5.41) is 5.74. The number of likely N-dealkylation sites (N-methyl/N-ethyl adjacent to an activating group) is 1. The van der Waals surface area contributed by atoms with Crippen LogP contribution in [0.15, 0.2) is 48.5 Å². The lowest BCUT2D eigenvalue weighted by Crippen LogP contribution is -2.54. The zero-order chi connectivity index (χ0) is 27.0. The lowest BCUT2D eigenvalue weighted by Gasteiger charge is -2.35. The molecule has 2 atom stereocenters. The summed E-state index contributed by atoms with van der Waals surface area (Å²) in [5.41, 5.74) is 2.84. The Morgan fingerprint density at radius 1 is 0.972 bits per heavy atom. The van der Waals surface area contributed by atoms with Crippen molar-refractivity contribution < 1.29 is 19.1 Å². The van der Waals surface area contributed by atoms with E-state index >= 15 is 0 Å². The van der Waals surface area contributed by atoms with Gasteiger partial charge in [-0.1, -0.05) is 54.1 Å². The fourth-order valence-electron chi connectivity index (χ4n) is 4.03. The summed E-state index contributed by atoms with van der Waals surface area (Å²) < 4.78 is 5.45. The Bertz CT molecular complexity index is 1040. The van der Waals surface area contributed by atoms with Crippen LogP contribution in [0.1, 0.15) is 69.8 Å². The van der Waals surface area contributed by atoms with Crippen LogP contribution in [-0.2, 0) is 20.7 Å². The van der Waals surface area contributed by atoms with Gasteiger partial charge in [-0.3, -0.25) is 9.59 Å². The summed E-state index contributed by atoms with van der Waals surface area (Å²) >= 11 is 0. The molecule has 2 rings (SSSR count). The van der Waals surface area contributed by atoms with E-state index in [0.717, 1.165) is 22.3 Å². The van der Waals surface area contributed by atoms with Crippen molar-refractivity contribution in [1.29, 1.82) is 0 Å². The topological polar surface area (TPSA) is 87.7 Å². The van der Waals surface area contributed by atoms with Crippen LogP contribution in [0.4, 0.5) is 4.79 Å². The number of hydrogen-bond donors (Lipinski definition) is 2. The number of rotatable bonds is 9. The van der Waals surface area contributed by atoms with Gasteiger partial charge in [-0.2, -0.15) is 0 Å². The van der Waals surface area contributed by atoms with Gasteiger partial charge in [0.1, 0.15) is 17.7 Å². The highest BCUT2D eigenvalue weighted by molar-refractivity contribution is 5.92. The van der Waals surface area contributed by atoms with Gasteiger partial charge in [-0.05, 0) is 72.1 Å². The molecule has 3 amide bonds. The first-order chi connectivity index (χ1) is 16.8. The number of aryl methyl sites for hydroxylation is 2. The fourth-order valence-corrected chi connectivity index (χ4v) is 4.03. The number of carbonyl (C=O) groups is 3. The van der Waals surface area contributed by atoms with Crippen LogP contribution in [0.2, 0.25) is 0 Å². The van der Waals surface area contributed by atoms with Crippen molar-refractivity contribution in [2.75, 3.05) is 6.54 Å². The number of nitrogens with zero attached hydrogens (tertiary/aromatic N) is 1. The minimum Gasteiger partial charge on any atom is -0.444 e. The van der Waals surface area contributed by atoms with Crippen molar-refractivity contribution in [2.45, 2.75) is 85.5 Å². The van der Waals surface area contributed by atoms with Crippen LogP contribution in [0, 0.1) is 13.8 Å². The van der Waals surface area contributed by atoms with Crippen molar-refractivity contribution in [3.05, 3.63) is 70.8 Å². The third kappa shape index (κ3) is 8.40. The minimum absolute atomic E-state index is 0.0982. The molecule has 0 spiro atoms. The standard InChI is InChI=1S/C29H41N3O4/c1-9-32(25(26(33)30-19(2)3)23-17-20(4)15-16-21(23)5)27(34)24(18-22-13-11-10-12-14-22)31-28(35)36-29(6,7)8/h10-17,19,24-25H,9,18H2,1-8H3,(H,30,33)(H,31,35). The SMILES string of the molecule is CCN(C(=O)C(Cc1ccccc1)NC(=O)OC(C)(C)C)C(C(=O)NC(C)C)c1cc(C)ccc1C. The second-order valence-electron chi connectivity index (χ2n) is 10.4. The minimum atomic E-state index is -0.915. The second-order valence-corrected chi connectivity index (χ2v) is 10.4. The van der Waals surface area contributed by atoms with Gasteiger partial charge < -0.3 is 20.3 Å². The molecular formula is C29H41N3O4. The van der Waals surface area contributed by atoms with Gasteiger partial charge in [0, 0.05) is 19.0 Å². The molecule has 0 saturated heterocycles. The number of nitrogens with one attached hydrogen (secondary N) is 2. The Kier molecular flexibility index (Phi) is 10.1. The van der Waals surface area contributed by atoms with E-state index in [9.17, 15) is 14.4 Å². The molecule has 0 aliphatic rings. The van der Waals surface area contributed by atoms with Crippen LogP contribution >= 0.6 is 0 Å². The molecule has 7 heteroatoms. The molecule has 0 radical (unpaired) electrons. The Morgan fingerprint density at radius 3 is 2.17 bits per heavy atom. The van der Waals surface area contributed by atoms with Crippen molar-refractivity contribution in [3.8, 4) is 0 Å². The van der Waals surface area contributed by atoms with Crippen LogP contribution in [0.5, 0.6) is 0 Å². The monoisotopic (exact) mass is 495 g/mol. The lowest BCUT2D eigenvalue weighted by molar-refractivity contribution is -0.142. The molecule has 2 unspecified atom stereocenters. The number of hydrogen-bond acceptors (Lipinski definition) is 4. The number of benzene rings is 2. The Balaban J connectivity index is 2.51. The molecule has 0 fully saturated rings. The van der Waals surface area contributed by atoms with Gasteiger partial charge in [0.2, 0.25) is 11.8 Å². The Hall–Kier alpha value is -3.35. The van der Waals surface area contributed by atoms with E-state index in [1.165, 1.54) is 0 Å². The van der Waals surface area contributed by atoms with Crippen molar-refractivity contribution in [1.82, 2.24) is 15.5 Å². The summed E-state index contributed by atoms with van der Waals surface area (Å²) in [6, 6.07) is 13.5. The second kappa shape index (κ2) is 12.6. The van der Waals surface area contributed by atoms with E-state index in [4.69, 9.17) is 4.74 Å². The zero-order valence-corrected chi connectivity index (χ0v) is 22.8. The van der Waals surface area contributed by atoms with E-state index in [-0.39, 0.29) is 30.8 Å².